The van der Waals surface area contributed by atoms with E-state index in [0.29, 0.717) is 34.8 Å². The van der Waals surface area contributed by atoms with E-state index in [2.05, 4.69) is 20.6 Å². The van der Waals surface area contributed by atoms with Gasteiger partial charge in [-0.15, -0.1) is 0 Å². The maximum atomic E-state index is 14.3. The van der Waals surface area contributed by atoms with Crippen molar-refractivity contribution in [2.24, 2.45) is 0 Å². The van der Waals surface area contributed by atoms with E-state index < -0.39 is 0 Å². The second-order valence-electron chi connectivity index (χ2n) is 7.59. The number of para-hydroxylation sites is 2. The highest BCUT2D eigenvalue weighted by Crippen LogP contribution is 2.28. The summed E-state index contributed by atoms with van der Waals surface area (Å²) in [6.45, 7) is 0. The van der Waals surface area contributed by atoms with Crippen LogP contribution in [0.5, 0.6) is 0 Å². The van der Waals surface area contributed by atoms with Gasteiger partial charge in [0.15, 0.2) is 5.65 Å². The van der Waals surface area contributed by atoms with Gasteiger partial charge in [0.25, 0.3) is 0 Å². The number of hydrogen-bond donors (Lipinski definition) is 2. The summed E-state index contributed by atoms with van der Waals surface area (Å²) in [4.78, 5) is 13.9. The number of anilines is 3. The Labute approximate surface area is 181 Å². The van der Waals surface area contributed by atoms with Crippen LogP contribution in [0.4, 0.5) is 22.0 Å². The molecule has 0 unspecified atom stereocenters. The summed E-state index contributed by atoms with van der Waals surface area (Å²) in [6.07, 6.45) is 7.76. The molecule has 4 aromatic rings. The molecule has 1 fully saturated rings. The lowest BCUT2D eigenvalue weighted by Crippen LogP contribution is -2.23. The number of fused-ring (bicyclic) bond motifs is 1. The van der Waals surface area contributed by atoms with Crippen LogP contribution in [0.25, 0.3) is 16.9 Å². The van der Waals surface area contributed by atoms with Crippen molar-refractivity contribution in [3.63, 3.8) is 0 Å². The van der Waals surface area contributed by atoms with Crippen LogP contribution >= 0.6 is 0 Å². The first-order chi connectivity index (χ1) is 14.8. The number of nitrogens with zero attached hydrogens (tertiary/aromatic N) is 4. The SMILES string of the molecule is C.Fc1ccccc1Nc1nc2cnc(NC3CCCCC3)nc2n1-c1ccccc1. The fourth-order valence-corrected chi connectivity index (χ4v) is 3.96. The summed E-state index contributed by atoms with van der Waals surface area (Å²) in [5.41, 5.74) is 2.57. The van der Waals surface area contributed by atoms with E-state index >= 15 is 0 Å². The number of halogens is 1. The summed E-state index contributed by atoms with van der Waals surface area (Å²) in [7, 11) is 0. The zero-order valence-corrected chi connectivity index (χ0v) is 16.6. The molecule has 2 aromatic carbocycles. The maximum absolute atomic E-state index is 14.3. The first-order valence-electron chi connectivity index (χ1n) is 10.4. The topological polar surface area (TPSA) is 67.7 Å². The van der Waals surface area contributed by atoms with E-state index in [0.717, 1.165) is 18.5 Å². The minimum Gasteiger partial charge on any atom is -0.351 e. The molecule has 0 saturated heterocycles. The number of rotatable bonds is 5. The van der Waals surface area contributed by atoms with Crippen LogP contribution in [0.3, 0.4) is 0 Å². The van der Waals surface area contributed by atoms with Crippen molar-refractivity contribution < 1.29 is 4.39 Å². The maximum Gasteiger partial charge on any atom is 0.224 e. The van der Waals surface area contributed by atoms with Crippen LogP contribution < -0.4 is 10.6 Å². The molecule has 1 saturated carbocycles. The number of imidazole rings is 1. The highest BCUT2D eigenvalue weighted by molar-refractivity contribution is 5.79. The molecule has 6 nitrogen and oxygen atoms in total. The Balaban J connectivity index is 0.00000231. The van der Waals surface area contributed by atoms with Crippen LogP contribution in [0.2, 0.25) is 0 Å². The quantitative estimate of drug-likeness (QED) is 0.411. The van der Waals surface area contributed by atoms with Gasteiger partial charge in [0.05, 0.1) is 17.6 Å². The van der Waals surface area contributed by atoms with Gasteiger partial charge in [0.2, 0.25) is 11.9 Å². The van der Waals surface area contributed by atoms with E-state index in [1.54, 1.807) is 24.4 Å². The van der Waals surface area contributed by atoms with Crippen LogP contribution in [0, 0.1) is 5.82 Å². The average Bonchev–Trinajstić information content (AvgIpc) is 3.14. The molecule has 2 aromatic heterocycles. The Morgan fingerprint density at radius 3 is 2.42 bits per heavy atom. The molecule has 31 heavy (non-hydrogen) atoms. The molecule has 0 aliphatic heterocycles. The van der Waals surface area contributed by atoms with Gasteiger partial charge in [-0.3, -0.25) is 4.57 Å². The van der Waals surface area contributed by atoms with Gasteiger partial charge in [-0.2, -0.15) is 4.98 Å². The summed E-state index contributed by atoms with van der Waals surface area (Å²) in [5.74, 6) is 0.754. The molecule has 0 amide bonds. The molecule has 0 atom stereocenters. The lowest BCUT2D eigenvalue weighted by atomic mass is 9.96. The molecule has 2 N–H and O–H groups in total. The predicted octanol–water partition coefficient (Wildman–Crippen LogP) is 6.08. The van der Waals surface area contributed by atoms with Gasteiger partial charge >= 0.3 is 0 Å². The largest absolute Gasteiger partial charge is 0.351 e. The third-order valence-electron chi connectivity index (χ3n) is 5.47. The molecular weight excluding hydrogens is 391 g/mol. The smallest absolute Gasteiger partial charge is 0.224 e. The normalized spacial score (nSPS) is 14.2. The number of nitrogens with one attached hydrogen (secondary N) is 2. The Hall–Kier alpha value is -3.48. The van der Waals surface area contributed by atoms with E-state index in [1.807, 2.05) is 34.9 Å². The molecule has 1 aliphatic carbocycles. The van der Waals surface area contributed by atoms with Crippen molar-refractivity contribution in [3.8, 4) is 5.69 Å². The first kappa shape index (κ1) is 20.8. The van der Waals surface area contributed by atoms with Gasteiger partial charge in [-0.1, -0.05) is 57.0 Å². The van der Waals surface area contributed by atoms with Crippen LogP contribution in [-0.4, -0.2) is 25.6 Å². The third-order valence-corrected chi connectivity index (χ3v) is 5.47. The monoisotopic (exact) mass is 418 g/mol. The van der Waals surface area contributed by atoms with Crippen molar-refractivity contribution in [1.29, 1.82) is 0 Å². The number of aromatic nitrogens is 4. The molecule has 0 spiro atoms. The molecule has 7 heteroatoms. The highest BCUT2D eigenvalue weighted by atomic mass is 19.1. The van der Waals surface area contributed by atoms with E-state index in [4.69, 9.17) is 4.98 Å². The molecule has 160 valence electrons. The minimum absolute atomic E-state index is 0. The number of benzene rings is 2. The lowest BCUT2D eigenvalue weighted by molar-refractivity contribution is 0.461. The van der Waals surface area contributed by atoms with Gasteiger partial charge in [0, 0.05) is 6.04 Å². The van der Waals surface area contributed by atoms with Gasteiger partial charge in [-0.05, 0) is 37.1 Å². The average molecular weight is 419 g/mol. The van der Waals surface area contributed by atoms with Crippen molar-refractivity contribution in [2.45, 2.75) is 45.6 Å². The molecule has 0 bridgehead atoms. The standard InChI is InChI=1S/C23H23FN6.CH4/c24-18-13-7-8-14-19(18)27-23-28-20-15-25-22(26-16-9-3-1-4-10-16)29-21(20)30(23)17-11-5-2-6-12-17;/h2,5-8,11-16H,1,3-4,9-10H2,(H,27,28)(H,25,26,29);1H4. The molecule has 2 heterocycles. The third kappa shape index (κ3) is 4.35. The Morgan fingerprint density at radius 2 is 1.65 bits per heavy atom. The summed E-state index contributed by atoms with van der Waals surface area (Å²) < 4.78 is 16.2. The summed E-state index contributed by atoms with van der Waals surface area (Å²) in [5, 5.41) is 6.59. The van der Waals surface area contributed by atoms with Crippen LogP contribution in [0.1, 0.15) is 39.5 Å². The van der Waals surface area contributed by atoms with Crippen LogP contribution in [0.15, 0.2) is 60.8 Å². The van der Waals surface area contributed by atoms with Gasteiger partial charge in [-0.25, -0.2) is 14.4 Å². The van der Waals surface area contributed by atoms with Crippen molar-refractivity contribution in [1.82, 2.24) is 19.5 Å². The van der Waals surface area contributed by atoms with E-state index in [9.17, 15) is 4.39 Å². The van der Waals surface area contributed by atoms with Gasteiger partial charge in [0.1, 0.15) is 11.3 Å². The van der Waals surface area contributed by atoms with E-state index in [1.165, 1.54) is 25.3 Å². The number of hydrogen-bond acceptors (Lipinski definition) is 5. The minimum atomic E-state index is -0.338. The molecule has 5 rings (SSSR count). The fourth-order valence-electron chi connectivity index (χ4n) is 3.96. The Kier molecular flexibility index (Phi) is 6.11. The highest BCUT2D eigenvalue weighted by Gasteiger charge is 2.18. The van der Waals surface area contributed by atoms with Crippen LogP contribution in [-0.2, 0) is 0 Å². The second kappa shape index (κ2) is 9.12. The molecule has 1 aliphatic rings. The Morgan fingerprint density at radius 1 is 0.903 bits per heavy atom. The van der Waals surface area contributed by atoms with Crippen molar-refractivity contribution in [2.75, 3.05) is 10.6 Å². The zero-order chi connectivity index (χ0) is 20.3. The lowest BCUT2D eigenvalue weighted by Gasteiger charge is -2.22. The summed E-state index contributed by atoms with van der Waals surface area (Å²) >= 11 is 0. The predicted molar refractivity (Wildman–Crippen MR) is 124 cm³/mol. The first-order valence-corrected chi connectivity index (χ1v) is 10.4. The molecule has 0 radical (unpaired) electrons. The second-order valence-corrected chi connectivity index (χ2v) is 7.59. The van der Waals surface area contributed by atoms with Crippen molar-refractivity contribution >= 4 is 28.7 Å². The molecular formula is C24H27FN6. The van der Waals surface area contributed by atoms with Crippen molar-refractivity contribution in [3.05, 3.63) is 66.6 Å². The summed E-state index contributed by atoms with van der Waals surface area (Å²) in [6, 6.07) is 16.8. The Bertz CT molecular complexity index is 1150. The fraction of sp³-hybridized carbons (Fsp3) is 0.292. The van der Waals surface area contributed by atoms with E-state index in [-0.39, 0.29) is 13.2 Å². The zero-order valence-electron chi connectivity index (χ0n) is 16.6. The van der Waals surface area contributed by atoms with Gasteiger partial charge < -0.3 is 10.6 Å².